The molecule has 0 N–H and O–H groups in total. The number of likely N-dealkylation sites (tertiary alicyclic amines) is 1. The third kappa shape index (κ3) is 5.06. The molecule has 0 spiro atoms. The standard InChI is InChI=1S/C21H30FN3O2/c1-16(2)23-10-12-24(13-11-23)21(27)18-4-3-9-25(15-18)20(26)14-17-5-7-19(22)8-6-17/h5-8,16,18H,3-4,9-15H2,1-2H3/t18-/m1/s1. The van der Waals surface area contributed by atoms with Crippen LogP contribution in [0.4, 0.5) is 4.39 Å². The molecule has 2 heterocycles. The maximum Gasteiger partial charge on any atom is 0.227 e. The summed E-state index contributed by atoms with van der Waals surface area (Å²) in [7, 11) is 0. The van der Waals surface area contributed by atoms with Gasteiger partial charge in [0.1, 0.15) is 5.82 Å². The fourth-order valence-electron chi connectivity index (χ4n) is 4.01. The highest BCUT2D eigenvalue weighted by atomic mass is 19.1. The van der Waals surface area contributed by atoms with E-state index in [1.54, 1.807) is 17.0 Å². The Bertz CT molecular complexity index is 654. The second-order valence-corrected chi connectivity index (χ2v) is 7.94. The van der Waals surface area contributed by atoms with Crippen molar-refractivity contribution in [1.29, 1.82) is 0 Å². The molecule has 27 heavy (non-hydrogen) atoms. The molecule has 2 saturated heterocycles. The highest BCUT2D eigenvalue weighted by molar-refractivity contribution is 5.82. The highest BCUT2D eigenvalue weighted by Gasteiger charge is 2.32. The Morgan fingerprint density at radius 2 is 1.70 bits per heavy atom. The van der Waals surface area contributed by atoms with Crippen molar-refractivity contribution in [3.8, 4) is 0 Å². The SMILES string of the molecule is CC(C)N1CCN(C(=O)[C@@H]2CCCN(C(=O)Cc3ccc(F)cc3)C2)CC1. The summed E-state index contributed by atoms with van der Waals surface area (Å²) in [6.45, 7) is 8.96. The fourth-order valence-corrected chi connectivity index (χ4v) is 4.01. The first-order valence-corrected chi connectivity index (χ1v) is 9.99. The molecular formula is C21H30FN3O2. The second kappa shape index (κ2) is 8.83. The van der Waals surface area contributed by atoms with E-state index in [0.717, 1.165) is 44.6 Å². The van der Waals surface area contributed by atoms with Crippen LogP contribution in [0.1, 0.15) is 32.3 Å². The molecule has 0 radical (unpaired) electrons. The van der Waals surface area contributed by atoms with Crippen LogP contribution in [0.25, 0.3) is 0 Å². The number of piperidine rings is 1. The third-order valence-electron chi connectivity index (χ3n) is 5.75. The van der Waals surface area contributed by atoms with Gasteiger partial charge in [-0.1, -0.05) is 12.1 Å². The van der Waals surface area contributed by atoms with Gasteiger partial charge in [-0.2, -0.15) is 0 Å². The number of carbonyl (C=O) groups is 2. The predicted octanol–water partition coefficient (Wildman–Crippen LogP) is 2.16. The molecule has 5 nitrogen and oxygen atoms in total. The highest BCUT2D eigenvalue weighted by Crippen LogP contribution is 2.21. The van der Waals surface area contributed by atoms with Crippen LogP contribution in [0.15, 0.2) is 24.3 Å². The maximum absolute atomic E-state index is 13.0. The Kier molecular flexibility index (Phi) is 6.47. The van der Waals surface area contributed by atoms with Gasteiger partial charge in [0.2, 0.25) is 11.8 Å². The number of nitrogens with zero attached hydrogens (tertiary/aromatic N) is 3. The largest absolute Gasteiger partial charge is 0.342 e. The van der Waals surface area contributed by atoms with E-state index >= 15 is 0 Å². The summed E-state index contributed by atoms with van der Waals surface area (Å²) >= 11 is 0. The topological polar surface area (TPSA) is 43.9 Å². The summed E-state index contributed by atoms with van der Waals surface area (Å²) in [6.07, 6.45) is 1.97. The van der Waals surface area contributed by atoms with Crippen LogP contribution in [0.3, 0.4) is 0 Å². The first-order chi connectivity index (χ1) is 12.9. The van der Waals surface area contributed by atoms with E-state index in [1.807, 2.05) is 4.90 Å². The van der Waals surface area contributed by atoms with Gasteiger partial charge in [0.05, 0.1) is 12.3 Å². The van der Waals surface area contributed by atoms with Crippen LogP contribution < -0.4 is 0 Å². The van der Waals surface area contributed by atoms with Gasteiger partial charge in [0.25, 0.3) is 0 Å². The Balaban J connectivity index is 1.53. The van der Waals surface area contributed by atoms with Crippen molar-refractivity contribution in [3.63, 3.8) is 0 Å². The molecule has 3 rings (SSSR count). The molecule has 2 aliphatic rings. The number of hydrogen-bond acceptors (Lipinski definition) is 3. The monoisotopic (exact) mass is 375 g/mol. The van der Waals surface area contributed by atoms with Crippen LogP contribution in [-0.2, 0) is 16.0 Å². The van der Waals surface area contributed by atoms with Crippen molar-refractivity contribution in [2.75, 3.05) is 39.3 Å². The average molecular weight is 375 g/mol. The number of piperazine rings is 1. The van der Waals surface area contributed by atoms with E-state index in [9.17, 15) is 14.0 Å². The minimum atomic E-state index is -0.299. The molecule has 148 valence electrons. The molecule has 2 aliphatic heterocycles. The summed E-state index contributed by atoms with van der Waals surface area (Å²) in [5.74, 6) is -0.185. The molecule has 1 aromatic rings. The summed E-state index contributed by atoms with van der Waals surface area (Å²) in [6, 6.07) is 6.56. The number of hydrogen-bond donors (Lipinski definition) is 0. The van der Waals surface area contributed by atoms with Gasteiger partial charge >= 0.3 is 0 Å². The van der Waals surface area contributed by atoms with E-state index in [1.165, 1.54) is 12.1 Å². The normalized spacial score (nSPS) is 21.6. The van der Waals surface area contributed by atoms with Gasteiger partial charge in [-0.15, -0.1) is 0 Å². The molecule has 0 aliphatic carbocycles. The summed E-state index contributed by atoms with van der Waals surface area (Å²) in [4.78, 5) is 31.7. The molecule has 1 aromatic carbocycles. The third-order valence-corrected chi connectivity index (χ3v) is 5.75. The van der Waals surface area contributed by atoms with Gasteiger partial charge in [-0.25, -0.2) is 4.39 Å². The van der Waals surface area contributed by atoms with Crippen LogP contribution >= 0.6 is 0 Å². The van der Waals surface area contributed by atoms with Crippen LogP contribution in [0.2, 0.25) is 0 Å². The minimum Gasteiger partial charge on any atom is -0.342 e. The zero-order valence-electron chi connectivity index (χ0n) is 16.4. The summed E-state index contributed by atoms with van der Waals surface area (Å²) in [5, 5.41) is 0. The lowest BCUT2D eigenvalue weighted by molar-refractivity contribution is -0.142. The van der Waals surface area contributed by atoms with E-state index < -0.39 is 0 Å². The number of carbonyl (C=O) groups excluding carboxylic acids is 2. The van der Waals surface area contributed by atoms with Crippen LogP contribution in [0.5, 0.6) is 0 Å². The Morgan fingerprint density at radius 1 is 1.04 bits per heavy atom. The second-order valence-electron chi connectivity index (χ2n) is 7.94. The van der Waals surface area contributed by atoms with E-state index in [0.29, 0.717) is 19.1 Å². The first kappa shape index (κ1) is 19.8. The lowest BCUT2D eigenvalue weighted by atomic mass is 9.95. The molecule has 6 heteroatoms. The molecule has 2 fully saturated rings. The van der Waals surface area contributed by atoms with Gasteiger partial charge in [0, 0.05) is 45.3 Å². The average Bonchev–Trinajstić information content (AvgIpc) is 2.69. The van der Waals surface area contributed by atoms with Crippen molar-refractivity contribution < 1.29 is 14.0 Å². The number of amides is 2. The Hall–Kier alpha value is -1.95. The van der Waals surface area contributed by atoms with Gasteiger partial charge in [0.15, 0.2) is 0 Å². The first-order valence-electron chi connectivity index (χ1n) is 9.99. The van der Waals surface area contributed by atoms with Gasteiger partial charge in [-0.3, -0.25) is 14.5 Å². The van der Waals surface area contributed by atoms with Crippen molar-refractivity contribution >= 4 is 11.8 Å². The van der Waals surface area contributed by atoms with Crippen molar-refractivity contribution in [3.05, 3.63) is 35.6 Å². The molecule has 0 bridgehead atoms. The molecule has 1 atom stereocenters. The molecule has 0 unspecified atom stereocenters. The Morgan fingerprint density at radius 3 is 2.33 bits per heavy atom. The summed E-state index contributed by atoms with van der Waals surface area (Å²) in [5.41, 5.74) is 0.805. The number of benzene rings is 1. The molecule has 0 aromatic heterocycles. The smallest absolute Gasteiger partial charge is 0.227 e. The zero-order valence-corrected chi connectivity index (χ0v) is 16.4. The minimum absolute atomic E-state index is 0.0173. The van der Waals surface area contributed by atoms with E-state index in [2.05, 4.69) is 18.7 Å². The van der Waals surface area contributed by atoms with Crippen molar-refractivity contribution in [2.24, 2.45) is 5.92 Å². The van der Waals surface area contributed by atoms with Crippen LogP contribution in [-0.4, -0.2) is 71.8 Å². The lowest BCUT2D eigenvalue weighted by Gasteiger charge is -2.40. The van der Waals surface area contributed by atoms with E-state index in [4.69, 9.17) is 0 Å². The fraction of sp³-hybridized carbons (Fsp3) is 0.619. The summed E-state index contributed by atoms with van der Waals surface area (Å²) < 4.78 is 13.0. The number of halogens is 1. The molecular weight excluding hydrogens is 345 g/mol. The number of rotatable bonds is 4. The zero-order chi connectivity index (χ0) is 19.4. The van der Waals surface area contributed by atoms with Crippen LogP contribution in [0, 0.1) is 11.7 Å². The maximum atomic E-state index is 13.0. The van der Waals surface area contributed by atoms with E-state index in [-0.39, 0.29) is 30.0 Å². The van der Waals surface area contributed by atoms with Gasteiger partial charge < -0.3 is 9.80 Å². The lowest BCUT2D eigenvalue weighted by Crippen LogP contribution is -2.54. The van der Waals surface area contributed by atoms with Gasteiger partial charge in [-0.05, 0) is 44.4 Å². The molecule has 2 amide bonds. The quantitative estimate of drug-likeness (QED) is 0.810. The van der Waals surface area contributed by atoms with Crippen molar-refractivity contribution in [2.45, 2.75) is 39.2 Å². The van der Waals surface area contributed by atoms with Crippen molar-refractivity contribution in [1.82, 2.24) is 14.7 Å². The predicted molar refractivity (Wildman–Crippen MR) is 103 cm³/mol. The molecule has 0 saturated carbocycles. The Labute approximate surface area is 161 Å².